The standard InChI is InChI=1S/C22H23N3O2S/c1-2-3-13-27-18-11-9-16(10-12-18)22(26)23-21-19-14-28-15-20(19)24-25(21)17-7-5-4-6-8-17/h4-12H,2-3,13-15H2,1H3,(H,23,26). The van der Waals surface area contributed by atoms with E-state index < -0.39 is 0 Å². The maximum absolute atomic E-state index is 12.9. The molecular formula is C22H23N3O2S. The molecule has 5 nitrogen and oxygen atoms in total. The first-order chi connectivity index (χ1) is 13.8. The molecule has 2 aromatic carbocycles. The molecule has 1 aliphatic rings. The topological polar surface area (TPSA) is 56.1 Å². The van der Waals surface area contributed by atoms with Crippen molar-refractivity contribution in [3.8, 4) is 11.4 Å². The lowest BCUT2D eigenvalue weighted by Gasteiger charge is -2.11. The fraction of sp³-hybridized carbons (Fsp3) is 0.273. The Kier molecular flexibility index (Phi) is 5.67. The Morgan fingerprint density at radius 1 is 1.14 bits per heavy atom. The Morgan fingerprint density at radius 3 is 2.68 bits per heavy atom. The molecule has 0 radical (unpaired) electrons. The van der Waals surface area contributed by atoms with Crippen LogP contribution in [0.25, 0.3) is 5.69 Å². The fourth-order valence-corrected chi connectivity index (χ4v) is 4.15. The molecule has 1 N–H and O–H groups in total. The van der Waals surface area contributed by atoms with Crippen LogP contribution in [0.4, 0.5) is 5.82 Å². The molecule has 0 saturated heterocycles. The summed E-state index contributed by atoms with van der Waals surface area (Å²) in [5.74, 6) is 3.15. The van der Waals surface area contributed by atoms with Gasteiger partial charge in [-0.1, -0.05) is 31.5 Å². The minimum atomic E-state index is -0.142. The van der Waals surface area contributed by atoms with Gasteiger partial charge in [0.15, 0.2) is 0 Å². The van der Waals surface area contributed by atoms with Crippen LogP contribution in [-0.4, -0.2) is 22.3 Å². The second kappa shape index (κ2) is 8.52. The van der Waals surface area contributed by atoms with Crippen LogP contribution >= 0.6 is 11.8 Å². The number of para-hydroxylation sites is 1. The SMILES string of the molecule is CCCCOc1ccc(C(=O)Nc2c3c(nn2-c2ccccc2)CSC3)cc1. The van der Waals surface area contributed by atoms with Gasteiger partial charge in [0, 0.05) is 22.6 Å². The summed E-state index contributed by atoms with van der Waals surface area (Å²) in [6, 6.07) is 17.2. The van der Waals surface area contributed by atoms with E-state index in [4.69, 9.17) is 9.84 Å². The van der Waals surface area contributed by atoms with Gasteiger partial charge in [0.1, 0.15) is 11.6 Å². The number of nitrogens with zero attached hydrogens (tertiary/aromatic N) is 2. The lowest BCUT2D eigenvalue weighted by Crippen LogP contribution is -2.16. The molecule has 0 aliphatic carbocycles. The molecule has 0 atom stereocenters. The largest absolute Gasteiger partial charge is 0.494 e. The lowest BCUT2D eigenvalue weighted by atomic mass is 10.2. The monoisotopic (exact) mass is 393 g/mol. The maximum Gasteiger partial charge on any atom is 0.256 e. The number of carbonyl (C=O) groups excluding carboxylic acids is 1. The normalized spacial score (nSPS) is 12.6. The highest BCUT2D eigenvalue weighted by atomic mass is 32.2. The van der Waals surface area contributed by atoms with Crippen molar-refractivity contribution in [2.45, 2.75) is 31.3 Å². The zero-order valence-corrected chi connectivity index (χ0v) is 16.7. The number of ether oxygens (including phenoxy) is 1. The fourth-order valence-electron chi connectivity index (χ4n) is 3.11. The molecule has 144 valence electrons. The van der Waals surface area contributed by atoms with E-state index in [1.165, 1.54) is 0 Å². The Bertz CT molecular complexity index is 952. The van der Waals surface area contributed by atoms with Crippen LogP contribution < -0.4 is 10.1 Å². The second-order valence-electron chi connectivity index (χ2n) is 6.69. The first-order valence-corrected chi connectivity index (χ1v) is 10.7. The summed E-state index contributed by atoms with van der Waals surface area (Å²) in [6.07, 6.45) is 2.12. The molecule has 1 aliphatic heterocycles. The highest BCUT2D eigenvalue weighted by Crippen LogP contribution is 2.36. The van der Waals surface area contributed by atoms with Crippen molar-refractivity contribution in [1.29, 1.82) is 0 Å². The number of unbranched alkanes of at least 4 members (excludes halogenated alkanes) is 1. The summed E-state index contributed by atoms with van der Waals surface area (Å²) >= 11 is 1.82. The number of benzene rings is 2. The minimum absolute atomic E-state index is 0.142. The number of hydrogen-bond acceptors (Lipinski definition) is 4. The average Bonchev–Trinajstić information content (AvgIpc) is 3.32. The lowest BCUT2D eigenvalue weighted by molar-refractivity contribution is 0.102. The van der Waals surface area contributed by atoms with Crippen LogP contribution in [0, 0.1) is 0 Å². The zero-order chi connectivity index (χ0) is 19.3. The molecule has 0 saturated carbocycles. The summed E-state index contributed by atoms with van der Waals surface area (Å²) in [5, 5.41) is 7.81. The predicted octanol–water partition coefficient (Wildman–Crippen LogP) is 5.05. The quantitative estimate of drug-likeness (QED) is 0.571. The number of carbonyl (C=O) groups is 1. The average molecular weight is 394 g/mol. The van der Waals surface area contributed by atoms with Gasteiger partial charge in [0.05, 0.1) is 18.0 Å². The molecule has 0 unspecified atom stereocenters. The molecule has 0 spiro atoms. The van der Waals surface area contributed by atoms with E-state index in [9.17, 15) is 4.79 Å². The van der Waals surface area contributed by atoms with Gasteiger partial charge in [0.25, 0.3) is 5.91 Å². The van der Waals surface area contributed by atoms with Gasteiger partial charge in [-0.3, -0.25) is 4.79 Å². The summed E-state index contributed by atoms with van der Waals surface area (Å²) in [4.78, 5) is 12.9. The molecule has 0 fully saturated rings. The summed E-state index contributed by atoms with van der Waals surface area (Å²) in [7, 11) is 0. The van der Waals surface area contributed by atoms with Crippen LogP contribution in [0.5, 0.6) is 5.75 Å². The van der Waals surface area contributed by atoms with Gasteiger partial charge in [-0.25, -0.2) is 4.68 Å². The Morgan fingerprint density at radius 2 is 1.93 bits per heavy atom. The first kappa shape index (κ1) is 18.6. The molecule has 0 bridgehead atoms. The minimum Gasteiger partial charge on any atom is -0.494 e. The van der Waals surface area contributed by atoms with Crippen LogP contribution in [0.1, 0.15) is 41.4 Å². The van der Waals surface area contributed by atoms with E-state index in [1.807, 2.05) is 58.9 Å². The molecule has 2 heterocycles. The van der Waals surface area contributed by atoms with Crippen LogP contribution in [0.3, 0.4) is 0 Å². The third kappa shape index (κ3) is 3.92. The maximum atomic E-state index is 12.9. The highest BCUT2D eigenvalue weighted by molar-refractivity contribution is 7.98. The molecule has 1 amide bonds. The number of thioether (sulfide) groups is 1. The van der Waals surface area contributed by atoms with Gasteiger partial charge < -0.3 is 10.1 Å². The van der Waals surface area contributed by atoms with Crippen molar-refractivity contribution in [2.24, 2.45) is 0 Å². The van der Waals surface area contributed by atoms with E-state index in [0.717, 1.165) is 52.9 Å². The van der Waals surface area contributed by atoms with E-state index >= 15 is 0 Å². The number of aromatic nitrogens is 2. The summed E-state index contributed by atoms with van der Waals surface area (Å²) in [5.41, 5.74) is 3.70. The molecule has 4 rings (SSSR count). The van der Waals surface area contributed by atoms with E-state index in [0.29, 0.717) is 12.2 Å². The number of hydrogen-bond donors (Lipinski definition) is 1. The van der Waals surface area contributed by atoms with Crippen molar-refractivity contribution >= 4 is 23.5 Å². The van der Waals surface area contributed by atoms with Gasteiger partial charge in [-0.15, -0.1) is 0 Å². The van der Waals surface area contributed by atoms with Crippen LogP contribution in [0.15, 0.2) is 54.6 Å². The third-order valence-electron chi connectivity index (χ3n) is 4.67. The van der Waals surface area contributed by atoms with E-state index in [-0.39, 0.29) is 5.91 Å². The van der Waals surface area contributed by atoms with Crippen molar-refractivity contribution < 1.29 is 9.53 Å². The second-order valence-corrected chi connectivity index (χ2v) is 7.68. The number of nitrogens with one attached hydrogen (secondary N) is 1. The van der Waals surface area contributed by atoms with E-state index in [1.54, 1.807) is 12.1 Å². The Labute approximate surface area is 169 Å². The van der Waals surface area contributed by atoms with Crippen LogP contribution in [-0.2, 0) is 11.5 Å². The molecule has 6 heteroatoms. The third-order valence-corrected chi connectivity index (χ3v) is 5.64. The number of fused-ring (bicyclic) bond motifs is 1. The van der Waals surface area contributed by atoms with Gasteiger partial charge in [-0.05, 0) is 42.8 Å². The van der Waals surface area contributed by atoms with Crippen molar-refractivity contribution in [3.05, 3.63) is 71.4 Å². The summed E-state index contributed by atoms with van der Waals surface area (Å²) < 4.78 is 7.51. The number of rotatable bonds is 7. The van der Waals surface area contributed by atoms with Gasteiger partial charge in [-0.2, -0.15) is 16.9 Å². The zero-order valence-electron chi connectivity index (χ0n) is 15.9. The molecule has 3 aromatic rings. The van der Waals surface area contributed by atoms with Crippen molar-refractivity contribution in [3.63, 3.8) is 0 Å². The van der Waals surface area contributed by atoms with Gasteiger partial charge in [0.2, 0.25) is 0 Å². The highest BCUT2D eigenvalue weighted by Gasteiger charge is 2.25. The van der Waals surface area contributed by atoms with Gasteiger partial charge >= 0.3 is 0 Å². The Hall–Kier alpha value is -2.73. The molecule has 1 aromatic heterocycles. The number of amides is 1. The number of anilines is 1. The molecular weight excluding hydrogens is 370 g/mol. The summed E-state index contributed by atoms with van der Waals surface area (Å²) in [6.45, 7) is 2.83. The van der Waals surface area contributed by atoms with Crippen molar-refractivity contribution in [1.82, 2.24) is 9.78 Å². The predicted molar refractivity (Wildman–Crippen MR) is 113 cm³/mol. The van der Waals surface area contributed by atoms with Crippen LogP contribution in [0.2, 0.25) is 0 Å². The molecule has 28 heavy (non-hydrogen) atoms. The Balaban J connectivity index is 1.55. The van der Waals surface area contributed by atoms with Crippen molar-refractivity contribution in [2.75, 3.05) is 11.9 Å². The first-order valence-electron chi connectivity index (χ1n) is 9.54. The van der Waals surface area contributed by atoms with E-state index in [2.05, 4.69) is 12.2 Å². The smallest absolute Gasteiger partial charge is 0.256 e.